The SMILES string of the molecule is CC(CC(F)(F)F)n1nnnc1-c1ccc(Cl)cc1N. The van der Waals surface area contributed by atoms with E-state index < -0.39 is 18.6 Å². The summed E-state index contributed by atoms with van der Waals surface area (Å²) < 4.78 is 38.4. The number of benzene rings is 1. The van der Waals surface area contributed by atoms with Crippen molar-refractivity contribution in [2.24, 2.45) is 0 Å². The smallest absolute Gasteiger partial charge is 0.391 e. The Labute approximate surface area is 117 Å². The average Bonchev–Trinajstić information content (AvgIpc) is 2.75. The standard InChI is InChI=1S/C11H11ClF3N5/c1-6(5-11(13,14)15)20-10(17-18-19-20)8-3-2-7(12)4-9(8)16/h2-4,6H,5,16H2,1H3. The van der Waals surface area contributed by atoms with E-state index in [9.17, 15) is 13.2 Å². The molecular weight excluding hydrogens is 295 g/mol. The summed E-state index contributed by atoms with van der Waals surface area (Å²) in [6, 6.07) is 3.70. The van der Waals surface area contributed by atoms with Crippen LogP contribution in [0.15, 0.2) is 18.2 Å². The Kier molecular flexibility index (Phi) is 3.85. The molecule has 2 aromatic rings. The van der Waals surface area contributed by atoms with Crippen LogP contribution in [0.5, 0.6) is 0 Å². The van der Waals surface area contributed by atoms with Crippen LogP contribution in [-0.2, 0) is 0 Å². The van der Waals surface area contributed by atoms with Crippen molar-refractivity contribution in [1.82, 2.24) is 20.2 Å². The summed E-state index contributed by atoms with van der Waals surface area (Å²) in [5.41, 5.74) is 6.53. The Bertz CT molecular complexity index is 610. The second kappa shape index (κ2) is 5.28. The van der Waals surface area contributed by atoms with Crippen molar-refractivity contribution in [2.75, 3.05) is 5.73 Å². The molecule has 0 fully saturated rings. The van der Waals surface area contributed by atoms with Crippen molar-refractivity contribution in [3.63, 3.8) is 0 Å². The summed E-state index contributed by atoms with van der Waals surface area (Å²) >= 11 is 5.78. The molecule has 2 rings (SSSR count). The van der Waals surface area contributed by atoms with Gasteiger partial charge >= 0.3 is 6.18 Å². The third-order valence-electron chi connectivity index (χ3n) is 2.69. The first-order chi connectivity index (χ1) is 9.28. The molecule has 1 heterocycles. The highest BCUT2D eigenvalue weighted by atomic mass is 35.5. The van der Waals surface area contributed by atoms with Crippen LogP contribution in [0.3, 0.4) is 0 Å². The van der Waals surface area contributed by atoms with Crippen LogP contribution in [0.4, 0.5) is 18.9 Å². The summed E-state index contributed by atoms with van der Waals surface area (Å²) in [6.45, 7) is 1.39. The van der Waals surface area contributed by atoms with Crippen LogP contribution < -0.4 is 5.73 Å². The minimum absolute atomic E-state index is 0.177. The monoisotopic (exact) mass is 305 g/mol. The van der Waals surface area contributed by atoms with Crippen molar-refractivity contribution in [3.05, 3.63) is 23.2 Å². The lowest BCUT2D eigenvalue weighted by atomic mass is 10.1. The summed E-state index contributed by atoms with van der Waals surface area (Å²) in [5.74, 6) is 0.177. The molecule has 20 heavy (non-hydrogen) atoms. The molecule has 0 saturated carbocycles. The summed E-state index contributed by atoms with van der Waals surface area (Å²) in [7, 11) is 0. The Morgan fingerprint density at radius 2 is 2.10 bits per heavy atom. The van der Waals surface area contributed by atoms with Crippen molar-refractivity contribution >= 4 is 17.3 Å². The highest BCUT2D eigenvalue weighted by Crippen LogP contribution is 2.31. The van der Waals surface area contributed by atoms with Gasteiger partial charge in [-0.1, -0.05) is 11.6 Å². The fraction of sp³-hybridized carbons (Fsp3) is 0.364. The molecule has 2 N–H and O–H groups in total. The van der Waals surface area contributed by atoms with Gasteiger partial charge in [0.05, 0.1) is 12.5 Å². The van der Waals surface area contributed by atoms with Gasteiger partial charge in [-0.3, -0.25) is 0 Å². The minimum Gasteiger partial charge on any atom is -0.398 e. The number of anilines is 1. The van der Waals surface area contributed by atoms with Crippen molar-refractivity contribution in [3.8, 4) is 11.4 Å². The lowest BCUT2D eigenvalue weighted by Crippen LogP contribution is -2.18. The quantitative estimate of drug-likeness (QED) is 0.885. The number of halogens is 4. The number of hydrogen-bond donors (Lipinski definition) is 1. The van der Waals surface area contributed by atoms with E-state index in [1.807, 2.05) is 0 Å². The Balaban J connectivity index is 2.38. The van der Waals surface area contributed by atoms with E-state index in [1.54, 1.807) is 12.1 Å². The summed E-state index contributed by atoms with van der Waals surface area (Å²) in [5, 5.41) is 11.2. The van der Waals surface area contributed by atoms with Crippen molar-refractivity contribution in [2.45, 2.75) is 25.6 Å². The topological polar surface area (TPSA) is 69.6 Å². The largest absolute Gasteiger partial charge is 0.398 e. The van der Waals surface area contributed by atoms with Gasteiger partial charge in [0, 0.05) is 16.3 Å². The number of nitrogens with zero attached hydrogens (tertiary/aromatic N) is 4. The average molecular weight is 306 g/mol. The molecule has 1 atom stereocenters. The second-order valence-electron chi connectivity index (χ2n) is 4.35. The maximum absolute atomic E-state index is 12.4. The minimum atomic E-state index is -4.30. The summed E-state index contributed by atoms with van der Waals surface area (Å²) in [4.78, 5) is 0. The van der Waals surface area contributed by atoms with Gasteiger partial charge < -0.3 is 5.73 Å². The molecular formula is C11H11ClF3N5. The van der Waals surface area contributed by atoms with Gasteiger partial charge in [-0.25, -0.2) is 4.68 Å². The van der Waals surface area contributed by atoms with E-state index in [0.29, 0.717) is 16.3 Å². The highest BCUT2D eigenvalue weighted by Gasteiger charge is 2.32. The number of alkyl halides is 3. The van der Waals surface area contributed by atoms with E-state index in [-0.39, 0.29) is 5.82 Å². The van der Waals surface area contributed by atoms with Crippen LogP contribution in [0.25, 0.3) is 11.4 Å². The predicted octanol–water partition coefficient (Wildman–Crippen LogP) is 3.09. The molecule has 5 nitrogen and oxygen atoms in total. The number of nitrogen functional groups attached to an aromatic ring is 1. The second-order valence-corrected chi connectivity index (χ2v) is 4.78. The Morgan fingerprint density at radius 1 is 1.40 bits per heavy atom. The third-order valence-corrected chi connectivity index (χ3v) is 2.93. The lowest BCUT2D eigenvalue weighted by Gasteiger charge is -2.16. The Morgan fingerprint density at radius 3 is 2.70 bits per heavy atom. The summed E-state index contributed by atoms with van der Waals surface area (Å²) in [6.07, 6.45) is -5.33. The zero-order valence-electron chi connectivity index (χ0n) is 10.4. The van der Waals surface area contributed by atoms with Crippen LogP contribution in [0.2, 0.25) is 5.02 Å². The van der Waals surface area contributed by atoms with Crippen LogP contribution in [0, 0.1) is 0 Å². The van der Waals surface area contributed by atoms with Gasteiger partial charge in [-0.05, 0) is 35.5 Å². The van der Waals surface area contributed by atoms with Gasteiger partial charge in [0.2, 0.25) is 0 Å². The van der Waals surface area contributed by atoms with E-state index in [0.717, 1.165) is 4.68 Å². The number of rotatable bonds is 3. The molecule has 0 radical (unpaired) electrons. The van der Waals surface area contributed by atoms with Gasteiger partial charge in [0.25, 0.3) is 0 Å². The van der Waals surface area contributed by atoms with Crippen LogP contribution in [-0.4, -0.2) is 26.4 Å². The Hall–Kier alpha value is -1.83. The molecule has 108 valence electrons. The molecule has 0 spiro atoms. The molecule has 0 saturated heterocycles. The number of nitrogens with two attached hydrogens (primary N) is 1. The van der Waals surface area contributed by atoms with Gasteiger partial charge in [-0.2, -0.15) is 13.2 Å². The number of hydrogen-bond acceptors (Lipinski definition) is 4. The first-order valence-electron chi connectivity index (χ1n) is 5.68. The molecule has 0 aliphatic heterocycles. The first-order valence-corrected chi connectivity index (χ1v) is 6.06. The van der Waals surface area contributed by atoms with Crippen LogP contribution >= 0.6 is 11.6 Å². The van der Waals surface area contributed by atoms with E-state index >= 15 is 0 Å². The first kappa shape index (κ1) is 14.6. The highest BCUT2D eigenvalue weighted by molar-refractivity contribution is 6.31. The maximum Gasteiger partial charge on any atom is 0.391 e. The number of tetrazole rings is 1. The van der Waals surface area contributed by atoms with Crippen molar-refractivity contribution < 1.29 is 13.2 Å². The van der Waals surface area contributed by atoms with Gasteiger partial charge in [0.1, 0.15) is 0 Å². The zero-order chi connectivity index (χ0) is 14.9. The van der Waals surface area contributed by atoms with E-state index in [2.05, 4.69) is 15.5 Å². The molecule has 0 amide bonds. The molecule has 0 bridgehead atoms. The molecule has 1 unspecified atom stereocenters. The van der Waals surface area contributed by atoms with E-state index in [1.165, 1.54) is 13.0 Å². The molecule has 1 aromatic carbocycles. The zero-order valence-corrected chi connectivity index (χ0v) is 11.2. The van der Waals surface area contributed by atoms with Crippen molar-refractivity contribution in [1.29, 1.82) is 0 Å². The lowest BCUT2D eigenvalue weighted by molar-refractivity contribution is -0.142. The fourth-order valence-corrected chi connectivity index (χ4v) is 2.01. The number of aromatic nitrogens is 4. The molecule has 0 aliphatic carbocycles. The molecule has 1 aromatic heterocycles. The maximum atomic E-state index is 12.4. The van der Waals surface area contributed by atoms with E-state index in [4.69, 9.17) is 17.3 Å². The predicted molar refractivity (Wildman–Crippen MR) is 68.1 cm³/mol. The van der Waals surface area contributed by atoms with Gasteiger partial charge in [0.15, 0.2) is 5.82 Å². The fourth-order valence-electron chi connectivity index (χ4n) is 1.83. The third kappa shape index (κ3) is 3.19. The molecule has 0 aliphatic rings. The molecule has 9 heteroatoms. The normalized spacial score (nSPS) is 13.4. The van der Waals surface area contributed by atoms with Crippen LogP contribution in [0.1, 0.15) is 19.4 Å². The van der Waals surface area contributed by atoms with Gasteiger partial charge in [-0.15, -0.1) is 5.10 Å².